The van der Waals surface area contributed by atoms with E-state index in [0.717, 1.165) is 43.2 Å². The molecular weight excluding hydrogens is 444 g/mol. The average Bonchev–Trinajstić information content (AvgIpc) is 2.90. The zero-order valence-corrected chi connectivity index (χ0v) is 22.0. The Bertz CT molecular complexity index is 1150. The summed E-state index contributed by atoms with van der Waals surface area (Å²) in [7, 11) is 1.70. The number of methoxy groups -OCH3 is 1. The van der Waals surface area contributed by atoms with Crippen molar-refractivity contribution >= 4 is 22.3 Å². The van der Waals surface area contributed by atoms with Crippen LogP contribution in [0.15, 0.2) is 79.2 Å². The van der Waals surface area contributed by atoms with Gasteiger partial charge < -0.3 is 10.1 Å². The Morgan fingerprint density at radius 1 is 1.06 bits per heavy atom. The van der Waals surface area contributed by atoms with E-state index in [1.165, 1.54) is 41.3 Å². The Morgan fingerprint density at radius 3 is 2.69 bits per heavy atom. The summed E-state index contributed by atoms with van der Waals surface area (Å²) in [5, 5.41) is 5.44. The van der Waals surface area contributed by atoms with Gasteiger partial charge >= 0.3 is 0 Å². The molecule has 1 N–H and O–H groups in total. The van der Waals surface area contributed by atoms with Crippen LogP contribution in [0.1, 0.15) is 69.9 Å². The molecule has 36 heavy (non-hydrogen) atoms. The third-order valence-corrected chi connectivity index (χ3v) is 6.48. The van der Waals surface area contributed by atoms with E-state index >= 15 is 0 Å². The number of carbonyl (C=O) groups is 1. The van der Waals surface area contributed by atoms with Crippen molar-refractivity contribution in [2.45, 2.75) is 71.3 Å². The molecule has 0 saturated carbocycles. The van der Waals surface area contributed by atoms with Crippen LogP contribution in [-0.2, 0) is 11.2 Å². The molecule has 0 fully saturated rings. The van der Waals surface area contributed by atoms with Crippen LogP contribution >= 0.6 is 0 Å². The van der Waals surface area contributed by atoms with Crippen molar-refractivity contribution in [1.82, 2.24) is 10.3 Å². The molecule has 0 spiro atoms. The first-order chi connectivity index (χ1) is 17.6. The van der Waals surface area contributed by atoms with Crippen molar-refractivity contribution in [3.63, 3.8) is 0 Å². The predicted molar refractivity (Wildman–Crippen MR) is 151 cm³/mol. The molecule has 2 aromatic carbocycles. The van der Waals surface area contributed by atoms with Crippen molar-refractivity contribution in [1.29, 1.82) is 0 Å². The molecule has 0 unspecified atom stereocenters. The van der Waals surface area contributed by atoms with Crippen LogP contribution in [-0.4, -0.2) is 24.0 Å². The van der Waals surface area contributed by atoms with Crippen LogP contribution in [0, 0.1) is 0 Å². The first-order valence-corrected chi connectivity index (χ1v) is 13.2. The smallest absolute Gasteiger partial charge is 0.244 e. The minimum absolute atomic E-state index is 0.0475. The van der Waals surface area contributed by atoms with Crippen LogP contribution in [0.4, 0.5) is 0 Å². The number of hydrogen-bond acceptors (Lipinski definition) is 3. The number of aryl methyl sites for hydroxylation is 1. The van der Waals surface area contributed by atoms with Gasteiger partial charge in [0, 0.05) is 24.5 Å². The summed E-state index contributed by atoms with van der Waals surface area (Å²) in [6.45, 7) is 4.29. The molecule has 0 saturated heterocycles. The van der Waals surface area contributed by atoms with Crippen molar-refractivity contribution in [2.75, 3.05) is 7.11 Å². The number of pyridine rings is 1. The monoisotopic (exact) mass is 484 g/mol. The normalized spacial score (nSPS) is 12.7. The molecule has 1 heterocycles. The number of ether oxygens (including phenoxy) is 1. The van der Waals surface area contributed by atoms with Crippen molar-refractivity contribution in [3.8, 4) is 5.75 Å². The zero-order valence-electron chi connectivity index (χ0n) is 22.0. The number of amides is 1. The third kappa shape index (κ3) is 8.99. The Hall–Kier alpha value is -3.40. The SMILES string of the molecule is CCCCCC/C(=C\C=C\C(=O)N[C@H](C)CCCc1cccnc1)c1ccc2ccc(OC)cc2c1. The summed E-state index contributed by atoms with van der Waals surface area (Å²) in [6.07, 6.45) is 18.1. The number of aromatic nitrogens is 1. The summed E-state index contributed by atoms with van der Waals surface area (Å²) >= 11 is 0. The first-order valence-electron chi connectivity index (χ1n) is 13.2. The average molecular weight is 485 g/mol. The lowest BCUT2D eigenvalue weighted by atomic mass is 9.96. The van der Waals surface area contributed by atoms with Gasteiger partial charge in [-0.2, -0.15) is 0 Å². The quantitative estimate of drug-likeness (QED) is 0.145. The van der Waals surface area contributed by atoms with Crippen LogP contribution < -0.4 is 10.1 Å². The molecule has 1 atom stereocenters. The molecular formula is C32H40N2O2. The zero-order chi connectivity index (χ0) is 25.6. The molecule has 3 aromatic rings. The Kier molecular flexibility index (Phi) is 11.2. The molecule has 0 aliphatic heterocycles. The molecule has 0 aliphatic carbocycles. The number of allylic oxidation sites excluding steroid dienone is 3. The highest BCUT2D eigenvalue weighted by atomic mass is 16.5. The lowest BCUT2D eigenvalue weighted by Crippen LogP contribution is -2.31. The highest BCUT2D eigenvalue weighted by Crippen LogP contribution is 2.28. The molecule has 0 aliphatic rings. The lowest BCUT2D eigenvalue weighted by molar-refractivity contribution is -0.117. The highest BCUT2D eigenvalue weighted by molar-refractivity contribution is 5.89. The second kappa shape index (κ2) is 14.9. The van der Waals surface area contributed by atoms with E-state index in [0.29, 0.717) is 0 Å². The summed E-state index contributed by atoms with van der Waals surface area (Å²) in [6, 6.07) is 16.9. The van der Waals surface area contributed by atoms with Gasteiger partial charge in [0.25, 0.3) is 0 Å². The number of benzene rings is 2. The molecule has 3 rings (SSSR count). The molecule has 0 bridgehead atoms. The number of hydrogen-bond donors (Lipinski definition) is 1. The predicted octanol–water partition coefficient (Wildman–Crippen LogP) is 7.68. The van der Waals surface area contributed by atoms with Crippen LogP contribution in [0.25, 0.3) is 16.3 Å². The van der Waals surface area contributed by atoms with Gasteiger partial charge in [-0.25, -0.2) is 0 Å². The van der Waals surface area contributed by atoms with Gasteiger partial charge in [0.05, 0.1) is 7.11 Å². The maximum atomic E-state index is 12.5. The summed E-state index contributed by atoms with van der Waals surface area (Å²) < 4.78 is 5.41. The van der Waals surface area contributed by atoms with E-state index in [2.05, 4.69) is 66.6 Å². The number of nitrogens with zero attached hydrogens (tertiary/aromatic N) is 1. The molecule has 190 valence electrons. The van der Waals surface area contributed by atoms with Gasteiger partial charge in [0.2, 0.25) is 5.91 Å². The van der Waals surface area contributed by atoms with E-state index < -0.39 is 0 Å². The molecule has 1 aromatic heterocycles. The van der Waals surface area contributed by atoms with Gasteiger partial charge in [-0.1, -0.05) is 62.6 Å². The molecule has 0 radical (unpaired) electrons. The van der Waals surface area contributed by atoms with E-state index in [-0.39, 0.29) is 11.9 Å². The van der Waals surface area contributed by atoms with Gasteiger partial charge in [-0.3, -0.25) is 9.78 Å². The van der Waals surface area contributed by atoms with Gasteiger partial charge in [-0.15, -0.1) is 0 Å². The van der Waals surface area contributed by atoms with E-state index in [4.69, 9.17) is 4.74 Å². The maximum absolute atomic E-state index is 12.5. The Balaban J connectivity index is 1.62. The highest BCUT2D eigenvalue weighted by Gasteiger charge is 2.06. The Labute approximate surface area is 216 Å². The summed E-state index contributed by atoms with van der Waals surface area (Å²) in [4.78, 5) is 16.7. The fourth-order valence-electron chi connectivity index (χ4n) is 4.39. The third-order valence-electron chi connectivity index (χ3n) is 6.48. The van der Waals surface area contributed by atoms with Crippen LogP contribution in [0.2, 0.25) is 0 Å². The minimum Gasteiger partial charge on any atom is -0.497 e. The molecule has 4 nitrogen and oxygen atoms in total. The molecule has 1 amide bonds. The standard InChI is InChI=1S/C32H40N2O2/c1-4-5-6-7-14-27(29-18-17-28-19-20-31(36-3)23-30(28)22-29)15-9-16-32(35)34-25(2)11-8-12-26-13-10-21-33-24-26/h9-10,13,15-25H,4-8,11-12,14H2,1-3H3,(H,34,35)/b16-9+,27-15+/t25-/m1/s1. The number of carbonyl (C=O) groups excluding carboxylic acids is 1. The maximum Gasteiger partial charge on any atom is 0.244 e. The molecule has 4 heteroatoms. The number of nitrogens with one attached hydrogen (secondary N) is 1. The van der Waals surface area contributed by atoms with Crippen molar-refractivity contribution in [3.05, 3.63) is 90.3 Å². The number of unbranched alkanes of at least 4 members (excludes halogenated alkanes) is 3. The second-order valence-electron chi connectivity index (χ2n) is 9.45. The number of fused-ring (bicyclic) bond motifs is 1. The van der Waals surface area contributed by atoms with Gasteiger partial charge in [-0.05, 0) is 90.8 Å². The summed E-state index contributed by atoms with van der Waals surface area (Å²) in [5.74, 6) is 0.813. The summed E-state index contributed by atoms with van der Waals surface area (Å²) in [5.41, 5.74) is 3.69. The van der Waals surface area contributed by atoms with Crippen molar-refractivity contribution in [2.24, 2.45) is 0 Å². The second-order valence-corrected chi connectivity index (χ2v) is 9.45. The fraction of sp³-hybridized carbons (Fsp3) is 0.375. The first kappa shape index (κ1) is 27.2. The van der Waals surface area contributed by atoms with Crippen LogP contribution in [0.5, 0.6) is 5.75 Å². The van der Waals surface area contributed by atoms with E-state index in [1.807, 2.05) is 24.4 Å². The topological polar surface area (TPSA) is 51.2 Å². The largest absolute Gasteiger partial charge is 0.497 e. The fourth-order valence-corrected chi connectivity index (χ4v) is 4.39. The van der Waals surface area contributed by atoms with E-state index in [9.17, 15) is 4.79 Å². The van der Waals surface area contributed by atoms with Crippen molar-refractivity contribution < 1.29 is 9.53 Å². The van der Waals surface area contributed by atoms with E-state index in [1.54, 1.807) is 19.4 Å². The Morgan fingerprint density at radius 2 is 1.92 bits per heavy atom. The minimum atomic E-state index is -0.0475. The van der Waals surface area contributed by atoms with Gasteiger partial charge in [0.1, 0.15) is 5.75 Å². The number of rotatable bonds is 14. The van der Waals surface area contributed by atoms with Gasteiger partial charge in [0.15, 0.2) is 0 Å². The van der Waals surface area contributed by atoms with Crippen LogP contribution in [0.3, 0.4) is 0 Å². The lowest BCUT2D eigenvalue weighted by Gasteiger charge is -2.12.